The lowest BCUT2D eigenvalue weighted by Gasteiger charge is -1.94. The van der Waals surface area contributed by atoms with E-state index in [0.29, 0.717) is 5.82 Å². The number of fused-ring (bicyclic) bond motifs is 1. The van der Waals surface area contributed by atoms with Gasteiger partial charge in [-0.3, -0.25) is 10.1 Å². The van der Waals surface area contributed by atoms with Crippen molar-refractivity contribution in [1.29, 1.82) is 0 Å². The summed E-state index contributed by atoms with van der Waals surface area (Å²) in [5.41, 5.74) is 1.51. The van der Waals surface area contributed by atoms with E-state index in [1.54, 1.807) is 22.8 Å². The van der Waals surface area contributed by atoms with E-state index < -0.39 is 4.92 Å². The van der Waals surface area contributed by atoms with Crippen LogP contribution in [0.1, 0.15) is 0 Å². The number of nitro groups is 1. The van der Waals surface area contributed by atoms with E-state index in [9.17, 15) is 10.1 Å². The van der Waals surface area contributed by atoms with Gasteiger partial charge in [-0.05, 0) is 40.2 Å². The molecule has 1 aromatic carbocycles. The van der Waals surface area contributed by atoms with Gasteiger partial charge in [0.2, 0.25) is 0 Å². The van der Waals surface area contributed by atoms with Gasteiger partial charge in [-0.25, -0.2) is 9.50 Å². The monoisotopic (exact) mass is 318 g/mol. The summed E-state index contributed by atoms with van der Waals surface area (Å²) in [6.07, 6.45) is 1.80. The summed E-state index contributed by atoms with van der Waals surface area (Å²) in [6, 6.07) is 9.88. The van der Waals surface area contributed by atoms with Gasteiger partial charge in [-0.1, -0.05) is 0 Å². The number of benzene rings is 1. The molecule has 0 saturated heterocycles. The Morgan fingerprint density at radius 1 is 1.16 bits per heavy atom. The standard InChI is InChI=1S/C12H7BrN4O2/c13-9-3-6-11-14-12(15-16(11)7-9)8-1-4-10(5-2-8)17(18)19/h1-7H. The minimum atomic E-state index is -0.433. The molecule has 2 aromatic heterocycles. The molecule has 0 fully saturated rings. The maximum atomic E-state index is 10.6. The van der Waals surface area contributed by atoms with Gasteiger partial charge >= 0.3 is 0 Å². The summed E-state index contributed by atoms with van der Waals surface area (Å²) in [5, 5.41) is 14.9. The number of non-ortho nitro benzene ring substituents is 1. The van der Waals surface area contributed by atoms with Crippen molar-refractivity contribution in [3.63, 3.8) is 0 Å². The second-order valence-electron chi connectivity index (χ2n) is 3.89. The number of aromatic nitrogens is 3. The summed E-state index contributed by atoms with van der Waals surface area (Å²) in [5.74, 6) is 0.535. The summed E-state index contributed by atoms with van der Waals surface area (Å²) in [6.45, 7) is 0. The number of hydrogen-bond acceptors (Lipinski definition) is 4. The lowest BCUT2D eigenvalue weighted by molar-refractivity contribution is -0.384. The molecule has 0 bridgehead atoms. The van der Waals surface area contributed by atoms with E-state index in [2.05, 4.69) is 26.0 Å². The molecule has 0 aliphatic rings. The van der Waals surface area contributed by atoms with Crippen molar-refractivity contribution in [3.05, 3.63) is 57.2 Å². The molecule has 2 heterocycles. The van der Waals surface area contributed by atoms with E-state index in [4.69, 9.17) is 0 Å². The SMILES string of the molecule is O=[N+]([O-])c1ccc(-c2nc3ccc(Br)cn3n2)cc1. The van der Waals surface area contributed by atoms with Crippen molar-refractivity contribution in [3.8, 4) is 11.4 Å². The van der Waals surface area contributed by atoms with Gasteiger partial charge in [-0.2, -0.15) is 0 Å². The molecule has 0 unspecified atom stereocenters. The van der Waals surface area contributed by atoms with Crippen molar-refractivity contribution >= 4 is 27.3 Å². The van der Waals surface area contributed by atoms with Gasteiger partial charge in [0.25, 0.3) is 5.69 Å². The Hall–Kier alpha value is -2.28. The number of pyridine rings is 1. The zero-order chi connectivity index (χ0) is 13.4. The smallest absolute Gasteiger partial charge is 0.258 e. The van der Waals surface area contributed by atoms with Crippen LogP contribution >= 0.6 is 15.9 Å². The van der Waals surface area contributed by atoms with E-state index in [0.717, 1.165) is 15.7 Å². The van der Waals surface area contributed by atoms with Crippen LogP contribution in [0.25, 0.3) is 17.0 Å². The highest BCUT2D eigenvalue weighted by Gasteiger charge is 2.09. The fourth-order valence-electron chi connectivity index (χ4n) is 1.71. The average Bonchev–Trinajstić information content (AvgIpc) is 2.81. The van der Waals surface area contributed by atoms with Crippen molar-refractivity contribution < 1.29 is 4.92 Å². The third kappa shape index (κ3) is 2.19. The Morgan fingerprint density at radius 2 is 1.89 bits per heavy atom. The molecule has 0 atom stereocenters. The summed E-state index contributed by atoms with van der Waals surface area (Å²) in [4.78, 5) is 14.5. The van der Waals surface area contributed by atoms with Gasteiger partial charge in [0.05, 0.1) is 4.92 Å². The van der Waals surface area contributed by atoms with Gasteiger partial charge in [0.1, 0.15) is 0 Å². The third-order valence-corrected chi connectivity index (χ3v) is 3.10. The van der Waals surface area contributed by atoms with E-state index in [-0.39, 0.29) is 5.69 Å². The Balaban J connectivity index is 2.06. The van der Waals surface area contributed by atoms with Crippen molar-refractivity contribution in [2.45, 2.75) is 0 Å². The molecular weight excluding hydrogens is 312 g/mol. The fraction of sp³-hybridized carbons (Fsp3) is 0. The zero-order valence-electron chi connectivity index (χ0n) is 9.52. The van der Waals surface area contributed by atoms with Gasteiger partial charge in [0, 0.05) is 28.4 Å². The molecule has 0 aliphatic heterocycles. The average molecular weight is 319 g/mol. The zero-order valence-corrected chi connectivity index (χ0v) is 11.1. The Morgan fingerprint density at radius 3 is 2.58 bits per heavy atom. The predicted molar refractivity (Wildman–Crippen MR) is 72.8 cm³/mol. The van der Waals surface area contributed by atoms with Crippen molar-refractivity contribution in [2.24, 2.45) is 0 Å². The van der Waals surface area contributed by atoms with Crippen LogP contribution in [0.4, 0.5) is 5.69 Å². The highest BCUT2D eigenvalue weighted by molar-refractivity contribution is 9.10. The molecule has 0 aliphatic carbocycles. The molecule has 6 nitrogen and oxygen atoms in total. The number of rotatable bonds is 2. The summed E-state index contributed by atoms with van der Waals surface area (Å²) >= 11 is 3.36. The molecule has 0 radical (unpaired) electrons. The van der Waals surface area contributed by atoms with Crippen LogP contribution in [0, 0.1) is 10.1 Å². The Labute approximate surface area is 116 Å². The van der Waals surface area contributed by atoms with Crippen LogP contribution in [0.2, 0.25) is 0 Å². The lowest BCUT2D eigenvalue weighted by Crippen LogP contribution is -1.88. The largest absolute Gasteiger partial charge is 0.269 e. The first-order valence-corrected chi connectivity index (χ1v) is 6.19. The van der Waals surface area contributed by atoms with Crippen LogP contribution in [0.3, 0.4) is 0 Å². The molecular formula is C12H7BrN4O2. The number of halogens is 1. The number of nitrogens with zero attached hydrogens (tertiary/aromatic N) is 4. The Bertz CT molecular complexity index is 767. The van der Waals surface area contributed by atoms with E-state index in [1.165, 1.54) is 12.1 Å². The van der Waals surface area contributed by atoms with Crippen LogP contribution in [0.15, 0.2) is 47.1 Å². The third-order valence-electron chi connectivity index (χ3n) is 2.63. The van der Waals surface area contributed by atoms with Gasteiger partial charge in [0.15, 0.2) is 11.5 Å². The van der Waals surface area contributed by atoms with Gasteiger partial charge < -0.3 is 0 Å². The summed E-state index contributed by atoms with van der Waals surface area (Å²) < 4.78 is 2.56. The maximum Gasteiger partial charge on any atom is 0.269 e. The topological polar surface area (TPSA) is 73.3 Å². The number of hydrogen-bond donors (Lipinski definition) is 0. The first-order valence-electron chi connectivity index (χ1n) is 5.40. The molecule has 3 rings (SSSR count). The van der Waals surface area contributed by atoms with Gasteiger partial charge in [-0.15, -0.1) is 5.10 Å². The van der Waals surface area contributed by atoms with Crippen LogP contribution < -0.4 is 0 Å². The first kappa shape index (κ1) is 11.8. The maximum absolute atomic E-state index is 10.6. The Kier molecular flexibility index (Phi) is 2.75. The lowest BCUT2D eigenvalue weighted by atomic mass is 10.2. The summed E-state index contributed by atoms with van der Waals surface area (Å²) in [7, 11) is 0. The van der Waals surface area contributed by atoms with Crippen molar-refractivity contribution in [2.75, 3.05) is 0 Å². The second kappa shape index (κ2) is 4.43. The quantitative estimate of drug-likeness (QED) is 0.537. The van der Waals surface area contributed by atoms with Crippen LogP contribution in [-0.2, 0) is 0 Å². The van der Waals surface area contributed by atoms with Crippen LogP contribution in [-0.4, -0.2) is 19.5 Å². The minimum absolute atomic E-state index is 0.0512. The molecule has 3 aromatic rings. The first-order chi connectivity index (χ1) is 9.13. The predicted octanol–water partition coefficient (Wildman–Crippen LogP) is 3.07. The van der Waals surface area contributed by atoms with E-state index in [1.807, 2.05) is 12.1 Å². The molecule has 94 valence electrons. The molecule has 7 heteroatoms. The highest BCUT2D eigenvalue weighted by Crippen LogP contribution is 2.20. The highest BCUT2D eigenvalue weighted by atomic mass is 79.9. The fourth-order valence-corrected chi connectivity index (χ4v) is 2.04. The minimum Gasteiger partial charge on any atom is -0.258 e. The molecule has 0 spiro atoms. The molecule has 0 N–H and O–H groups in total. The van der Waals surface area contributed by atoms with E-state index >= 15 is 0 Å². The van der Waals surface area contributed by atoms with Crippen LogP contribution in [0.5, 0.6) is 0 Å². The number of nitro benzene ring substituents is 1. The molecule has 0 saturated carbocycles. The molecule has 19 heavy (non-hydrogen) atoms. The normalized spacial score (nSPS) is 10.8. The van der Waals surface area contributed by atoms with Crippen molar-refractivity contribution in [1.82, 2.24) is 14.6 Å². The molecule has 0 amide bonds. The second-order valence-corrected chi connectivity index (χ2v) is 4.81.